The Morgan fingerprint density at radius 1 is 0.925 bits per heavy atom. The largest absolute Gasteiger partial charge is 0.355 e. The molecule has 1 N–H and O–H groups in total. The minimum Gasteiger partial charge on any atom is -0.355 e. The van der Waals surface area contributed by atoms with E-state index in [4.69, 9.17) is 23.2 Å². The van der Waals surface area contributed by atoms with Crippen LogP contribution in [0.3, 0.4) is 0 Å². The molecule has 0 aliphatic heterocycles. The molecule has 3 rings (SSSR count). The fourth-order valence-corrected chi connectivity index (χ4v) is 6.22. The van der Waals surface area contributed by atoms with Crippen LogP contribution >= 0.6 is 23.2 Å². The number of halogens is 2. The summed E-state index contributed by atoms with van der Waals surface area (Å²) < 4.78 is 29.2. The first-order valence-electron chi connectivity index (χ1n) is 13.2. The van der Waals surface area contributed by atoms with Gasteiger partial charge < -0.3 is 10.2 Å². The van der Waals surface area contributed by atoms with E-state index in [9.17, 15) is 18.0 Å². The first kappa shape index (κ1) is 31.5. The van der Waals surface area contributed by atoms with E-state index in [0.717, 1.165) is 15.4 Å². The fourth-order valence-electron chi connectivity index (χ4n) is 4.45. The Bertz CT molecular complexity index is 1450. The molecule has 10 heteroatoms. The second kappa shape index (κ2) is 14.0. The Hall–Kier alpha value is -3.07. The van der Waals surface area contributed by atoms with Crippen molar-refractivity contribution in [1.29, 1.82) is 0 Å². The van der Waals surface area contributed by atoms with Crippen molar-refractivity contribution < 1.29 is 18.0 Å². The second-order valence-electron chi connectivity index (χ2n) is 9.40. The van der Waals surface area contributed by atoms with Gasteiger partial charge in [0.25, 0.3) is 10.0 Å². The number of aryl methyl sites for hydroxylation is 2. The van der Waals surface area contributed by atoms with E-state index in [1.165, 1.54) is 17.0 Å². The molecule has 0 heterocycles. The summed E-state index contributed by atoms with van der Waals surface area (Å²) in [5, 5.41) is 3.47. The van der Waals surface area contributed by atoms with Crippen LogP contribution in [0.15, 0.2) is 71.6 Å². The maximum atomic E-state index is 14.1. The third-order valence-corrected chi connectivity index (χ3v) is 9.12. The molecule has 1 atom stereocenters. The van der Waals surface area contributed by atoms with E-state index in [0.29, 0.717) is 40.7 Å². The molecule has 0 saturated carbocycles. The van der Waals surface area contributed by atoms with Crippen molar-refractivity contribution in [3.8, 4) is 0 Å². The van der Waals surface area contributed by atoms with Crippen LogP contribution in [0.4, 0.5) is 5.69 Å². The Morgan fingerprint density at radius 2 is 1.60 bits per heavy atom. The number of benzene rings is 3. The number of anilines is 1. The molecule has 40 heavy (non-hydrogen) atoms. The second-order valence-corrected chi connectivity index (χ2v) is 12.1. The lowest BCUT2D eigenvalue weighted by Crippen LogP contribution is -2.52. The van der Waals surface area contributed by atoms with Gasteiger partial charge in [-0.25, -0.2) is 8.42 Å². The molecular weight excluding hydrogens is 569 g/mol. The number of amides is 2. The van der Waals surface area contributed by atoms with Crippen molar-refractivity contribution >= 4 is 50.7 Å². The van der Waals surface area contributed by atoms with Crippen LogP contribution in [0.5, 0.6) is 0 Å². The zero-order valence-electron chi connectivity index (χ0n) is 23.2. The van der Waals surface area contributed by atoms with E-state index >= 15 is 0 Å². The predicted molar refractivity (Wildman–Crippen MR) is 161 cm³/mol. The summed E-state index contributed by atoms with van der Waals surface area (Å²) in [5.41, 5.74) is 2.76. The molecule has 2 amide bonds. The average Bonchev–Trinajstić information content (AvgIpc) is 2.93. The van der Waals surface area contributed by atoms with Gasteiger partial charge in [-0.2, -0.15) is 0 Å². The highest BCUT2D eigenvalue weighted by atomic mass is 35.5. The van der Waals surface area contributed by atoms with Crippen molar-refractivity contribution in [3.63, 3.8) is 0 Å². The van der Waals surface area contributed by atoms with Crippen molar-refractivity contribution in [2.24, 2.45) is 0 Å². The number of nitrogens with zero attached hydrogens (tertiary/aromatic N) is 2. The minimum absolute atomic E-state index is 0.0409. The maximum absolute atomic E-state index is 14.1. The predicted octanol–water partition coefficient (Wildman–Crippen LogP) is 6.00. The number of carbonyl (C=O) groups excluding carboxylic acids is 2. The number of hydrogen-bond acceptors (Lipinski definition) is 4. The van der Waals surface area contributed by atoms with Crippen LogP contribution in [0, 0.1) is 6.92 Å². The highest BCUT2D eigenvalue weighted by Crippen LogP contribution is 2.29. The number of para-hydroxylation sites is 1. The monoisotopic (exact) mass is 603 g/mol. The van der Waals surface area contributed by atoms with Gasteiger partial charge in [0.05, 0.1) is 20.6 Å². The molecule has 214 valence electrons. The van der Waals surface area contributed by atoms with E-state index in [1.807, 2.05) is 32.9 Å². The lowest BCUT2D eigenvalue weighted by Gasteiger charge is -2.33. The van der Waals surface area contributed by atoms with Crippen LogP contribution in [-0.2, 0) is 32.6 Å². The lowest BCUT2D eigenvalue weighted by molar-refractivity contribution is -0.140. The van der Waals surface area contributed by atoms with Gasteiger partial charge in [-0.05, 0) is 68.1 Å². The summed E-state index contributed by atoms with van der Waals surface area (Å²) in [5.74, 6) is -0.842. The normalized spacial score (nSPS) is 12.1. The quantitative estimate of drug-likeness (QED) is 0.275. The number of hydrogen-bond donors (Lipinski definition) is 1. The number of sulfonamides is 1. The van der Waals surface area contributed by atoms with Crippen LogP contribution in [0.1, 0.15) is 43.9 Å². The molecule has 3 aromatic carbocycles. The van der Waals surface area contributed by atoms with Crippen molar-refractivity contribution in [2.75, 3.05) is 17.4 Å². The van der Waals surface area contributed by atoms with E-state index in [1.54, 1.807) is 49.4 Å². The molecule has 3 aromatic rings. The zero-order valence-corrected chi connectivity index (χ0v) is 25.5. The zero-order chi connectivity index (χ0) is 29.4. The third kappa shape index (κ3) is 7.36. The van der Waals surface area contributed by atoms with Gasteiger partial charge in [0.1, 0.15) is 12.6 Å². The number of nitrogens with one attached hydrogen (secondary N) is 1. The highest BCUT2D eigenvalue weighted by Gasteiger charge is 2.34. The molecule has 0 fully saturated rings. The van der Waals surface area contributed by atoms with Crippen LogP contribution in [0.2, 0.25) is 10.0 Å². The van der Waals surface area contributed by atoms with Crippen LogP contribution < -0.4 is 9.62 Å². The summed E-state index contributed by atoms with van der Waals surface area (Å²) in [6.07, 6.45) is 0.892. The summed E-state index contributed by atoms with van der Waals surface area (Å²) in [7, 11) is -4.13. The number of likely N-dealkylation sites (N-methyl/N-ethyl adjacent to an activating group) is 1. The summed E-state index contributed by atoms with van der Waals surface area (Å²) in [6.45, 7) is 7.34. The third-order valence-electron chi connectivity index (χ3n) is 6.60. The Morgan fingerprint density at radius 3 is 2.20 bits per heavy atom. The van der Waals surface area contributed by atoms with Crippen molar-refractivity contribution in [2.45, 2.75) is 58.0 Å². The van der Waals surface area contributed by atoms with Crippen LogP contribution in [-0.4, -0.2) is 44.3 Å². The van der Waals surface area contributed by atoms with Gasteiger partial charge >= 0.3 is 0 Å². The molecule has 0 spiro atoms. The van der Waals surface area contributed by atoms with E-state index in [2.05, 4.69) is 5.32 Å². The molecule has 0 unspecified atom stereocenters. The molecule has 7 nitrogen and oxygen atoms in total. The Balaban J connectivity index is 2.11. The lowest BCUT2D eigenvalue weighted by atomic mass is 10.1. The number of carbonyl (C=O) groups is 2. The topological polar surface area (TPSA) is 86.8 Å². The number of rotatable bonds is 12. The Labute approximate surface area is 247 Å². The van der Waals surface area contributed by atoms with Gasteiger partial charge in [-0.1, -0.05) is 79.0 Å². The standard InChI is InChI=1S/C30H35Cl2N3O4S/c1-5-23-10-8-9-11-28(23)35(40(38,39)24-15-12-21(4)13-16-24)20-29(36)34(27(6-2)30(37)33-7-3)19-22-14-17-25(31)26(32)18-22/h8-18,27H,5-7,19-20H2,1-4H3,(H,33,37)/t27-/m0/s1. The highest BCUT2D eigenvalue weighted by molar-refractivity contribution is 7.92. The van der Waals surface area contributed by atoms with Gasteiger partial charge in [-0.3, -0.25) is 13.9 Å². The molecule has 0 aliphatic carbocycles. The van der Waals surface area contributed by atoms with Gasteiger partial charge in [0.2, 0.25) is 11.8 Å². The maximum Gasteiger partial charge on any atom is 0.264 e. The Kier molecular flexibility index (Phi) is 11.0. The molecular formula is C30H35Cl2N3O4S. The fraction of sp³-hybridized carbons (Fsp3) is 0.333. The summed E-state index contributed by atoms with van der Waals surface area (Å²) in [6, 6.07) is 17.8. The SMILES string of the molecule is CCNC(=O)[C@H](CC)N(Cc1ccc(Cl)c(Cl)c1)C(=O)CN(c1ccccc1CC)S(=O)(=O)c1ccc(C)cc1. The molecule has 0 aromatic heterocycles. The first-order chi connectivity index (χ1) is 19.0. The van der Waals surface area contributed by atoms with Crippen LogP contribution in [0.25, 0.3) is 0 Å². The van der Waals surface area contributed by atoms with E-state index in [-0.39, 0.29) is 17.3 Å². The van der Waals surface area contributed by atoms with Crippen molar-refractivity contribution in [1.82, 2.24) is 10.2 Å². The molecule has 0 radical (unpaired) electrons. The molecule has 0 bridgehead atoms. The van der Waals surface area contributed by atoms with Crippen molar-refractivity contribution in [3.05, 3.63) is 93.5 Å². The summed E-state index contributed by atoms with van der Waals surface area (Å²) in [4.78, 5) is 28.6. The van der Waals surface area contributed by atoms with E-state index < -0.39 is 28.5 Å². The van der Waals surface area contributed by atoms with Gasteiger partial charge in [0.15, 0.2) is 0 Å². The van der Waals surface area contributed by atoms with Gasteiger partial charge in [-0.15, -0.1) is 0 Å². The molecule has 0 saturated heterocycles. The first-order valence-corrected chi connectivity index (χ1v) is 15.4. The smallest absolute Gasteiger partial charge is 0.264 e. The summed E-state index contributed by atoms with van der Waals surface area (Å²) >= 11 is 12.3. The minimum atomic E-state index is -4.13. The van der Waals surface area contributed by atoms with Gasteiger partial charge in [0, 0.05) is 13.1 Å². The molecule has 0 aliphatic rings. The average molecular weight is 605 g/mol.